The number of anilines is 1. The molecular formula is C13H18BrN3O. The molecule has 0 spiro atoms. The summed E-state index contributed by atoms with van der Waals surface area (Å²) < 4.78 is 0.702. The van der Waals surface area contributed by atoms with Gasteiger partial charge in [0.05, 0.1) is 10.0 Å². The minimum Gasteiger partial charge on any atom is -0.398 e. The summed E-state index contributed by atoms with van der Waals surface area (Å²) in [7, 11) is 0. The molecule has 0 unspecified atom stereocenters. The van der Waals surface area contributed by atoms with Gasteiger partial charge in [0.1, 0.15) is 0 Å². The summed E-state index contributed by atoms with van der Waals surface area (Å²) >= 11 is 3.39. The number of hydrogen-bond acceptors (Lipinski definition) is 3. The lowest BCUT2D eigenvalue weighted by Gasteiger charge is -2.34. The number of rotatable bonds is 2. The highest BCUT2D eigenvalue weighted by Gasteiger charge is 2.23. The van der Waals surface area contributed by atoms with Crippen LogP contribution in [0.25, 0.3) is 0 Å². The second kappa shape index (κ2) is 5.71. The van der Waals surface area contributed by atoms with Crippen molar-refractivity contribution < 1.29 is 4.79 Å². The first-order valence-electron chi connectivity index (χ1n) is 6.19. The van der Waals surface area contributed by atoms with Crippen LogP contribution >= 0.6 is 15.9 Å². The molecule has 18 heavy (non-hydrogen) atoms. The van der Waals surface area contributed by atoms with Crippen molar-refractivity contribution in [3.63, 3.8) is 0 Å². The van der Waals surface area contributed by atoms with Crippen LogP contribution < -0.4 is 5.73 Å². The van der Waals surface area contributed by atoms with Crippen molar-refractivity contribution in [2.24, 2.45) is 0 Å². The average molecular weight is 312 g/mol. The van der Waals surface area contributed by atoms with Gasteiger partial charge in [-0.2, -0.15) is 0 Å². The Balaban J connectivity index is 2.10. The van der Waals surface area contributed by atoms with E-state index in [-0.39, 0.29) is 5.91 Å². The second-order valence-corrected chi connectivity index (χ2v) is 5.23. The number of halogens is 1. The van der Waals surface area contributed by atoms with Gasteiger partial charge < -0.3 is 15.5 Å². The van der Waals surface area contributed by atoms with Crippen LogP contribution in [0.4, 0.5) is 5.69 Å². The fourth-order valence-electron chi connectivity index (χ4n) is 2.15. The molecule has 2 rings (SSSR count). The van der Waals surface area contributed by atoms with Gasteiger partial charge >= 0.3 is 0 Å². The van der Waals surface area contributed by atoms with Gasteiger partial charge in [-0.15, -0.1) is 0 Å². The molecule has 0 saturated carbocycles. The van der Waals surface area contributed by atoms with Gasteiger partial charge in [0.2, 0.25) is 0 Å². The zero-order valence-electron chi connectivity index (χ0n) is 10.5. The molecule has 1 aliphatic heterocycles. The fraction of sp³-hybridized carbons (Fsp3) is 0.462. The van der Waals surface area contributed by atoms with Gasteiger partial charge in [-0.25, -0.2) is 0 Å². The topological polar surface area (TPSA) is 49.6 Å². The van der Waals surface area contributed by atoms with E-state index < -0.39 is 0 Å². The smallest absolute Gasteiger partial charge is 0.255 e. The van der Waals surface area contributed by atoms with E-state index in [1.54, 1.807) is 6.07 Å². The van der Waals surface area contributed by atoms with E-state index in [9.17, 15) is 4.79 Å². The van der Waals surface area contributed by atoms with E-state index in [4.69, 9.17) is 5.73 Å². The van der Waals surface area contributed by atoms with Crippen molar-refractivity contribution in [1.29, 1.82) is 0 Å². The molecule has 1 aromatic rings. The molecule has 1 fully saturated rings. The molecule has 98 valence electrons. The van der Waals surface area contributed by atoms with Crippen molar-refractivity contribution in [2.75, 3.05) is 38.5 Å². The predicted octanol–water partition coefficient (Wildman–Crippen LogP) is 1.81. The number of piperazine rings is 1. The van der Waals surface area contributed by atoms with E-state index in [0.717, 1.165) is 32.7 Å². The molecule has 1 aliphatic rings. The van der Waals surface area contributed by atoms with E-state index in [1.807, 2.05) is 17.0 Å². The van der Waals surface area contributed by atoms with E-state index in [1.165, 1.54) is 0 Å². The number of nitrogen functional groups attached to an aromatic ring is 1. The van der Waals surface area contributed by atoms with Gasteiger partial charge in [-0.05, 0) is 34.6 Å². The minimum atomic E-state index is 0.0601. The molecule has 0 aliphatic carbocycles. The lowest BCUT2D eigenvalue weighted by Crippen LogP contribution is -2.48. The highest BCUT2D eigenvalue weighted by molar-refractivity contribution is 9.10. The standard InChI is InChI=1S/C13H18BrN3O/c1-2-16-6-8-17(9-7-16)13(18)10-4-3-5-11(15)12(10)14/h3-5H,2,6-9,15H2,1H3. The molecule has 2 N–H and O–H groups in total. The van der Waals surface area contributed by atoms with E-state index >= 15 is 0 Å². The molecule has 0 radical (unpaired) electrons. The molecule has 0 aromatic heterocycles. The van der Waals surface area contributed by atoms with Gasteiger partial charge in [-0.1, -0.05) is 13.0 Å². The first kappa shape index (κ1) is 13.4. The Morgan fingerprint density at radius 2 is 2.00 bits per heavy atom. The number of hydrogen-bond donors (Lipinski definition) is 1. The lowest BCUT2D eigenvalue weighted by molar-refractivity contribution is 0.0642. The van der Waals surface area contributed by atoms with Gasteiger partial charge in [0, 0.05) is 31.9 Å². The largest absolute Gasteiger partial charge is 0.398 e. The van der Waals surface area contributed by atoms with Crippen LogP contribution in [-0.2, 0) is 0 Å². The fourth-order valence-corrected chi connectivity index (χ4v) is 2.59. The second-order valence-electron chi connectivity index (χ2n) is 4.44. The number of carbonyl (C=O) groups excluding carboxylic acids is 1. The Labute approximate surface area is 116 Å². The van der Waals surface area contributed by atoms with Crippen molar-refractivity contribution >= 4 is 27.5 Å². The highest BCUT2D eigenvalue weighted by Crippen LogP contribution is 2.25. The normalized spacial score (nSPS) is 16.9. The molecule has 1 saturated heterocycles. The van der Waals surface area contributed by atoms with Crippen molar-refractivity contribution in [1.82, 2.24) is 9.80 Å². The van der Waals surface area contributed by atoms with Crippen LogP contribution in [-0.4, -0.2) is 48.4 Å². The first-order valence-corrected chi connectivity index (χ1v) is 6.98. The van der Waals surface area contributed by atoms with Gasteiger partial charge in [0.15, 0.2) is 0 Å². The third kappa shape index (κ3) is 2.67. The Hall–Kier alpha value is -1.07. The summed E-state index contributed by atoms with van der Waals surface area (Å²) in [5, 5.41) is 0. The monoisotopic (exact) mass is 311 g/mol. The van der Waals surface area contributed by atoms with Crippen LogP contribution in [0.15, 0.2) is 22.7 Å². The van der Waals surface area contributed by atoms with Crippen LogP contribution in [0, 0.1) is 0 Å². The summed E-state index contributed by atoms with van der Waals surface area (Å²) in [6, 6.07) is 5.42. The summed E-state index contributed by atoms with van der Waals surface area (Å²) in [4.78, 5) is 16.6. The third-order valence-electron chi connectivity index (χ3n) is 3.37. The summed E-state index contributed by atoms with van der Waals surface area (Å²) in [6.07, 6.45) is 0. The molecule has 5 heteroatoms. The van der Waals surface area contributed by atoms with Crippen molar-refractivity contribution in [3.8, 4) is 0 Å². The molecule has 1 heterocycles. The minimum absolute atomic E-state index is 0.0601. The summed E-state index contributed by atoms with van der Waals surface area (Å²) in [5.41, 5.74) is 7.06. The van der Waals surface area contributed by atoms with Gasteiger partial charge in [-0.3, -0.25) is 4.79 Å². The van der Waals surface area contributed by atoms with Crippen molar-refractivity contribution in [3.05, 3.63) is 28.2 Å². The SMILES string of the molecule is CCN1CCN(C(=O)c2cccc(N)c2Br)CC1. The molecular weight excluding hydrogens is 294 g/mol. The Morgan fingerprint density at radius 1 is 1.33 bits per heavy atom. The van der Waals surface area contributed by atoms with Crippen LogP contribution in [0.2, 0.25) is 0 Å². The third-order valence-corrected chi connectivity index (χ3v) is 4.25. The maximum Gasteiger partial charge on any atom is 0.255 e. The number of nitrogens with two attached hydrogens (primary N) is 1. The maximum absolute atomic E-state index is 12.4. The van der Waals surface area contributed by atoms with E-state index in [0.29, 0.717) is 15.7 Å². The quantitative estimate of drug-likeness (QED) is 0.847. The predicted molar refractivity (Wildman–Crippen MR) is 76.6 cm³/mol. The average Bonchev–Trinajstić information content (AvgIpc) is 2.41. The Morgan fingerprint density at radius 3 is 2.61 bits per heavy atom. The molecule has 0 atom stereocenters. The lowest BCUT2D eigenvalue weighted by atomic mass is 10.1. The molecule has 0 bridgehead atoms. The molecule has 4 nitrogen and oxygen atoms in total. The number of benzene rings is 1. The Kier molecular flexibility index (Phi) is 4.24. The first-order chi connectivity index (χ1) is 8.63. The summed E-state index contributed by atoms with van der Waals surface area (Å²) in [6.45, 7) is 6.65. The number of amides is 1. The van der Waals surface area contributed by atoms with Crippen LogP contribution in [0.1, 0.15) is 17.3 Å². The maximum atomic E-state index is 12.4. The zero-order chi connectivity index (χ0) is 13.1. The highest BCUT2D eigenvalue weighted by atomic mass is 79.9. The number of carbonyl (C=O) groups is 1. The van der Waals surface area contributed by atoms with Crippen molar-refractivity contribution in [2.45, 2.75) is 6.92 Å². The summed E-state index contributed by atoms with van der Waals surface area (Å²) in [5.74, 6) is 0.0601. The molecule has 1 amide bonds. The number of likely N-dealkylation sites (N-methyl/N-ethyl adjacent to an activating group) is 1. The molecule has 1 aromatic carbocycles. The van der Waals surface area contributed by atoms with Crippen LogP contribution in [0.3, 0.4) is 0 Å². The zero-order valence-corrected chi connectivity index (χ0v) is 12.1. The van der Waals surface area contributed by atoms with Crippen LogP contribution in [0.5, 0.6) is 0 Å². The Bertz CT molecular complexity index is 442. The van der Waals surface area contributed by atoms with Gasteiger partial charge in [0.25, 0.3) is 5.91 Å². The number of nitrogens with zero attached hydrogens (tertiary/aromatic N) is 2. The van der Waals surface area contributed by atoms with E-state index in [2.05, 4.69) is 27.8 Å².